The molecule has 0 spiro atoms. The lowest BCUT2D eigenvalue weighted by Crippen LogP contribution is -2.01. The van der Waals surface area contributed by atoms with Crippen LogP contribution < -0.4 is 18.9 Å². The Kier molecular flexibility index (Phi) is 38.2. The van der Waals surface area contributed by atoms with Crippen LogP contribution in [0.3, 0.4) is 0 Å². The molecule has 426 valence electrons. The van der Waals surface area contributed by atoms with E-state index in [4.69, 9.17) is 18.9 Å². The van der Waals surface area contributed by atoms with E-state index >= 15 is 0 Å². The van der Waals surface area contributed by atoms with E-state index in [-0.39, 0.29) is 0 Å². The number of hydrogen-bond donors (Lipinski definition) is 0. The molecule has 0 aliphatic rings. The van der Waals surface area contributed by atoms with Gasteiger partial charge in [0.15, 0.2) is 0 Å². The molecule has 0 unspecified atom stereocenters. The van der Waals surface area contributed by atoms with E-state index in [9.17, 15) is 0 Å². The highest BCUT2D eigenvalue weighted by Gasteiger charge is 2.10. The first-order valence-corrected chi connectivity index (χ1v) is 32.7. The van der Waals surface area contributed by atoms with Gasteiger partial charge in [0, 0.05) is 21.5 Å². The summed E-state index contributed by atoms with van der Waals surface area (Å²) in [5.74, 6) is 3.62. The van der Waals surface area contributed by atoms with Gasteiger partial charge in [0.2, 0.25) is 0 Å². The summed E-state index contributed by atoms with van der Waals surface area (Å²) in [7, 11) is 0. The molecular weight excluding hydrogens is 929 g/mol. The van der Waals surface area contributed by atoms with Crippen molar-refractivity contribution in [1.82, 2.24) is 0 Å². The van der Waals surface area contributed by atoms with Crippen LogP contribution in [0, 0.1) is 0 Å². The summed E-state index contributed by atoms with van der Waals surface area (Å²) < 4.78 is 27.2. The van der Waals surface area contributed by atoms with E-state index in [1.807, 2.05) is 0 Å². The quantitative estimate of drug-likeness (QED) is 0.0413. The maximum Gasteiger partial charge on any atom is 0.127 e. The lowest BCUT2D eigenvalue weighted by molar-refractivity contribution is 0.301. The smallest absolute Gasteiger partial charge is 0.127 e. The van der Waals surface area contributed by atoms with Gasteiger partial charge in [0.25, 0.3) is 0 Å². The Balaban J connectivity index is 1.65. The molecule has 0 aliphatic carbocycles. The zero-order valence-corrected chi connectivity index (χ0v) is 49.8. The molecule has 0 saturated heterocycles. The van der Waals surface area contributed by atoms with Crippen molar-refractivity contribution in [3.63, 3.8) is 0 Å². The van der Waals surface area contributed by atoms with Crippen molar-refractivity contribution in [1.29, 1.82) is 0 Å². The first-order chi connectivity index (χ1) is 37.6. The van der Waals surface area contributed by atoms with Crippen molar-refractivity contribution in [2.24, 2.45) is 0 Å². The second-order valence-electron chi connectivity index (χ2n) is 22.6. The normalized spacial score (nSPS) is 11.4. The first-order valence-electron chi connectivity index (χ1n) is 32.7. The number of rotatable bonds is 48. The van der Waals surface area contributed by atoms with Crippen LogP contribution in [0.1, 0.15) is 285 Å². The fraction of sp³-hybridized carbons (Fsp3) is 0.667. The lowest BCUT2D eigenvalue weighted by atomic mass is 10.1. The largest absolute Gasteiger partial charge is 0.493 e. The summed E-state index contributed by atoms with van der Waals surface area (Å²) in [5, 5.41) is 6.49. The number of hydrogen-bond acceptors (Lipinski definition) is 4. The van der Waals surface area contributed by atoms with Gasteiger partial charge in [0.1, 0.15) is 23.0 Å². The topological polar surface area (TPSA) is 36.9 Å². The standard InChI is InChI=1S/C72H114O4/c1-5-9-13-17-21-25-29-33-37-41-55-73-69-61-67-53-54-68-62-70(74-56-42-38-34-30-26-22-18-14-10-6-2)66(60-72(68)76-58-44-40-36-32-28-24-20-16-12-8-4)52-50-64-47-45-63(46-48-64)49-51-65(69)59-71(67)75-57-43-39-35-31-27-23-19-15-11-7-3/h45-54,59-62H,5-44,55-58H2,1-4H3. The minimum Gasteiger partial charge on any atom is -0.493 e. The second kappa shape index (κ2) is 45.0. The Morgan fingerprint density at radius 2 is 0.355 bits per heavy atom. The first kappa shape index (κ1) is 64.6. The van der Waals surface area contributed by atoms with E-state index in [2.05, 4.69) is 113 Å². The molecule has 6 bridgehead atoms. The summed E-state index contributed by atoms with van der Waals surface area (Å²) in [4.78, 5) is 0. The molecule has 0 fully saturated rings. The summed E-state index contributed by atoms with van der Waals surface area (Å²) in [6.07, 6.45) is 52.2. The Morgan fingerprint density at radius 3 is 0.553 bits per heavy atom. The van der Waals surface area contributed by atoms with Crippen molar-refractivity contribution < 1.29 is 18.9 Å². The van der Waals surface area contributed by atoms with E-state index in [1.165, 1.54) is 231 Å². The SMILES string of the molecule is CCCCCCCCCCCCOc1cc2ccc3cc(OCCCCCCCCCCCC)c(ccc4ccc(cc4)ccc1cc2OCCCCCCCCCCCC)cc3OCCCCCCCCCCCC. The van der Waals surface area contributed by atoms with Crippen molar-refractivity contribution in [2.45, 2.75) is 285 Å². The van der Waals surface area contributed by atoms with Crippen LogP contribution in [-0.4, -0.2) is 26.4 Å². The van der Waals surface area contributed by atoms with Gasteiger partial charge in [-0.05, 0) is 60.7 Å². The molecule has 0 N–H and O–H groups in total. The second-order valence-corrected chi connectivity index (χ2v) is 22.6. The van der Waals surface area contributed by atoms with Crippen LogP contribution in [0.4, 0.5) is 0 Å². The summed E-state index contributed by atoms with van der Waals surface area (Å²) in [6, 6.07) is 31.1. The summed E-state index contributed by atoms with van der Waals surface area (Å²) in [6.45, 7) is 12.0. The van der Waals surface area contributed by atoms with Gasteiger partial charge in [-0.15, -0.1) is 0 Å². The van der Waals surface area contributed by atoms with Gasteiger partial charge < -0.3 is 18.9 Å². The van der Waals surface area contributed by atoms with Crippen molar-refractivity contribution in [3.8, 4) is 23.0 Å². The van der Waals surface area contributed by atoms with Crippen molar-refractivity contribution >= 4 is 32.3 Å². The molecular formula is C72H114O4. The molecule has 0 radical (unpaired) electrons. The van der Waals surface area contributed by atoms with E-state index in [1.54, 1.807) is 0 Å². The molecule has 4 nitrogen and oxygen atoms in total. The minimum atomic E-state index is 0.700. The van der Waals surface area contributed by atoms with Gasteiger partial charge in [0.05, 0.1) is 26.4 Å². The molecule has 0 amide bonds. The summed E-state index contributed by atoms with van der Waals surface area (Å²) in [5.41, 5.74) is 0. The number of ether oxygens (including phenoxy) is 4. The van der Waals surface area contributed by atoms with E-state index in [0.717, 1.165) is 81.0 Å². The Bertz CT molecular complexity index is 1950. The molecule has 9 aromatic carbocycles. The van der Waals surface area contributed by atoms with Crippen molar-refractivity contribution in [3.05, 3.63) is 84.9 Å². The maximum absolute atomic E-state index is 6.82. The highest BCUT2D eigenvalue weighted by atomic mass is 16.5. The van der Waals surface area contributed by atoms with Crippen LogP contribution >= 0.6 is 0 Å². The van der Waals surface area contributed by atoms with Gasteiger partial charge in [-0.2, -0.15) is 0 Å². The minimum absolute atomic E-state index is 0.700. The monoisotopic (exact) mass is 1040 g/mol. The maximum atomic E-state index is 6.82. The zero-order chi connectivity index (χ0) is 53.6. The Labute approximate surface area is 468 Å². The lowest BCUT2D eigenvalue weighted by Gasteiger charge is -2.14. The van der Waals surface area contributed by atoms with Crippen LogP contribution in [-0.2, 0) is 0 Å². The van der Waals surface area contributed by atoms with Gasteiger partial charge in [-0.25, -0.2) is 0 Å². The van der Waals surface area contributed by atoms with Gasteiger partial charge in [-0.3, -0.25) is 0 Å². The third-order valence-corrected chi connectivity index (χ3v) is 15.6. The Hall–Kier alpha value is -3.92. The van der Waals surface area contributed by atoms with Crippen LogP contribution in [0.15, 0.2) is 84.9 Å². The van der Waals surface area contributed by atoms with Crippen LogP contribution in [0.25, 0.3) is 32.3 Å². The highest BCUT2D eigenvalue weighted by molar-refractivity contribution is 5.83. The molecule has 9 rings (SSSR count). The fourth-order valence-electron chi connectivity index (χ4n) is 10.6. The molecule has 0 saturated carbocycles. The molecule has 0 aromatic heterocycles. The van der Waals surface area contributed by atoms with E-state index in [0.29, 0.717) is 26.4 Å². The molecule has 0 aliphatic heterocycles. The third kappa shape index (κ3) is 30.3. The molecule has 0 heterocycles. The predicted octanol–water partition coefficient (Wildman–Crippen LogP) is 24.0. The average Bonchev–Trinajstić information content (AvgIpc) is 3.43. The number of unbranched alkanes of at least 4 members (excludes halogenated alkanes) is 36. The molecule has 4 heteroatoms. The summed E-state index contributed by atoms with van der Waals surface area (Å²) >= 11 is 0. The van der Waals surface area contributed by atoms with Gasteiger partial charge >= 0.3 is 0 Å². The van der Waals surface area contributed by atoms with Gasteiger partial charge in [-0.1, -0.05) is 320 Å². The third-order valence-electron chi connectivity index (χ3n) is 15.6. The zero-order valence-electron chi connectivity index (χ0n) is 49.8. The van der Waals surface area contributed by atoms with Crippen LogP contribution in [0.2, 0.25) is 0 Å². The molecule has 76 heavy (non-hydrogen) atoms. The highest BCUT2D eigenvalue weighted by Crippen LogP contribution is 2.34. The fourth-order valence-corrected chi connectivity index (χ4v) is 10.6. The van der Waals surface area contributed by atoms with E-state index < -0.39 is 0 Å². The molecule has 0 atom stereocenters. The Morgan fingerprint density at radius 1 is 0.197 bits per heavy atom. The average molecular weight is 1040 g/mol. The molecule has 9 aromatic rings. The number of benzene rings is 3. The predicted molar refractivity (Wildman–Crippen MR) is 335 cm³/mol. The van der Waals surface area contributed by atoms with Crippen LogP contribution in [0.5, 0.6) is 23.0 Å². The van der Waals surface area contributed by atoms with Crippen molar-refractivity contribution in [2.75, 3.05) is 26.4 Å².